The monoisotopic (exact) mass is 375 g/mol. The van der Waals surface area contributed by atoms with Crippen LogP contribution in [0, 0.1) is 0 Å². The number of nitrogens with zero attached hydrogens (tertiary/aromatic N) is 2. The number of nitrogens with one attached hydrogen (secondary N) is 1. The Balaban J connectivity index is 1.81. The molecule has 0 radical (unpaired) electrons. The van der Waals surface area contributed by atoms with Gasteiger partial charge in [0, 0.05) is 19.2 Å². The molecule has 8 heteroatoms. The lowest BCUT2D eigenvalue weighted by atomic mass is 10.1. The number of rotatable bonds is 11. The van der Waals surface area contributed by atoms with Gasteiger partial charge in [0.2, 0.25) is 5.91 Å². The number of carbonyl (C=O) groups excluding carboxylic acids is 1. The molecule has 146 valence electrons. The second-order valence-corrected chi connectivity index (χ2v) is 5.74. The van der Waals surface area contributed by atoms with Crippen molar-refractivity contribution in [2.24, 2.45) is 0 Å². The van der Waals surface area contributed by atoms with Gasteiger partial charge in [0.15, 0.2) is 11.5 Å². The van der Waals surface area contributed by atoms with E-state index in [-0.39, 0.29) is 24.6 Å². The summed E-state index contributed by atoms with van der Waals surface area (Å²) in [6.07, 6.45) is 2.22. The van der Waals surface area contributed by atoms with Crippen LogP contribution in [0.1, 0.15) is 36.3 Å². The van der Waals surface area contributed by atoms with Crippen LogP contribution in [-0.4, -0.2) is 46.5 Å². The van der Waals surface area contributed by atoms with Gasteiger partial charge in [0.05, 0.1) is 19.8 Å². The number of carboxylic acid groups (broad SMARTS) is 1. The number of carboxylic acids is 1. The average molecular weight is 375 g/mol. The molecule has 0 saturated heterocycles. The first kappa shape index (κ1) is 20.3. The third-order valence-corrected chi connectivity index (χ3v) is 3.83. The van der Waals surface area contributed by atoms with Crippen LogP contribution in [0.15, 0.2) is 30.5 Å². The van der Waals surface area contributed by atoms with E-state index in [1.54, 1.807) is 0 Å². The highest BCUT2D eigenvalue weighted by molar-refractivity contribution is 5.85. The first-order valence-corrected chi connectivity index (χ1v) is 8.95. The Hall–Kier alpha value is -3.03. The molecule has 0 aliphatic rings. The molecular weight excluding hydrogens is 350 g/mol. The molecule has 0 unspecified atom stereocenters. The van der Waals surface area contributed by atoms with E-state index in [4.69, 9.17) is 14.6 Å². The zero-order valence-electron chi connectivity index (χ0n) is 15.6. The Morgan fingerprint density at radius 2 is 1.89 bits per heavy atom. The quantitative estimate of drug-likeness (QED) is 0.624. The molecule has 1 amide bonds. The van der Waals surface area contributed by atoms with Gasteiger partial charge in [-0.25, -0.2) is 4.79 Å². The maximum atomic E-state index is 12.0. The van der Waals surface area contributed by atoms with E-state index in [0.717, 1.165) is 5.56 Å². The van der Waals surface area contributed by atoms with Gasteiger partial charge in [-0.05, 0) is 44.0 Å². The highest BCUT2D eigenvalue weighted by Gasteiger charge is 2.11. The summed E-state index contributed by atoms with van der Waals surface area (Å²) in [7, 11) is 0. The van der Waals surface area contributed by atoms with Gasteiger partial charge >= 0.3 is 5.97 Å². The second-order valence-electron chi connectivity index (χ2n) is 5.74. The summed E-state index contributed by atoms with van der Waals surface area (Å²) in [5.74, 6) is 0.190. The van der Waals surface area contributed by atoms with Crippen LogP contribution in [0.25, 0.3) is 0 Å². The van der Waals surface area contributed by atoms with E-state index in [1.165, 1.54) is 16.9 Å². The molecule has 0 saturated carbocycles. The fourth-order valence-electron chi connectivity index (χ4n) is 2.59. The van der Waals surface area contributed by atoms with Crippen molar-refractivity contribution in [2.75, 3.05) is 19.8 Å². The summed E-state index contributed by atoms with van der Waals surface area (Å²) < 4.78 is 12.4. The SMILES string of the molecule is CCOc1ccc(CCNC(=O)CCn2nccc2C(=O)O)cc1OCC. The molecule has 1 heterocycles. The third kappa shape index (κ3) is 6.02. The number of amides is 1. The summed E-state index contributed by atoms with van der Waals surface area (Å²) >= 11 is 0. The predicted octanol–water partition coefficient (Wildman–Crippen LogP) is 2.13. The second kappa shape index (κ2) is 10.2. The molecule has 27 heavy (non-hydrogen) atoms. The van der Waals surface area contributed by atoms with Crippen molar-refractivity contribution in [1.29, 1.82) is 0 Å². The van der Waals surface area contributed by atoms with Crippen molar-refractivity contribution in [3.63, 3.8) is 0 Å². The molecule has 0 aliphatic carbocycles. The van der Waals surface area contributed by atoms with Gasteiger partial charge < -0.3 is 19.9 Å². The first-order chi connectivity index (χ1) is 13.0. The third-order valence-electron chi connectivity index (χ3n) is 3.83. The smallest absolute Gasteiger partial charge is 0.354 e. The number of hydrogen-bond donors (Lipinski definition) is 2. The van der Waals surface area contributed by atoms with Crippen molar-refractivity contribution in [1.82, 2.24) is 15.1 Å². The maximum absolute atomic E-state index is 12.0. The van der Waals surface area contributed by atoms with E-state index >= 15 is 0 Å². The van der Waals surface area contributed by atoms with E-state index in [0.29, 0.717) is 37.7 Å². The Kier molecular flexibility index (Phi) is 7.66. The van der Waals surface area contributed by atoms with Gasteiger partial charge in [0.25, 0.3) is 0 Å². The van der Waals surface area contributed by atoms with Crippen LogP contribution in [0.4, 0.5) is 0 Å². The number of hydrogen-bond acceptors (Lipinski definition) is 5. The fourth-order valence-corrected chi connectivity index (χ4v) is 2.59. The molecule has 1 aromatic heterocycles. The van der Waals surface area contributed by atoms with Gasteiger partial charge in [-0.2, -0.15) is 5.10 Å². The van der Waals surface area contributed by atoms with Crippen molar-refractivity contribution in [3.8, 4) is 11.5 Å². The molecule has 2 aromatic rings. The minimum absolute atomic E-state index is 0.0700. The van der Waals surface area contributed by atoms with Crippen LogP contribution >= 0.6 is 0 Å². The van der Waals surface area contributed by atoms with E-state index in [9.17, 15) is 9.59 Å². The first-order valence-electron chi connectivity index (χ1n) is 8.95. The molecular formula is C19H25N3O5. The topological polar surface area (TPSA) is 103 Å². The summed E-state index contributed by atoms with van der Waals surface area (Å²) in [4.78, 5) is 23.0. The summed E-state index contributed by atoms with van der Waals surface area (Å²) in [6, 6.07) is 7.14. The largest absolute Gasteiger partial charge is 0.490 e. The molecule has 0 aliphatic heterocycles. The minimum Gasteiger partial charge on any atom is -0.490 e. The van der Waals surface area contributed by atoms with Gasteiger partial charge in [0.1, 0.15) is 5.69 Å². The standard InChI is InChI=1S/C19H25N3O5/c1-3-26-16-6-5-14(13-17(16)27-4-2)7-10-20-18(23)9-12-22-15(19(24)25)8-11-21-22/h5-6,8,11,13H,3-4,7,9-10,12H2,1-2H3,(H,20,23)(H,24,25). The molecule has 0 spiro atoms. The molecule has 2 N–H and O–H groups in total. The summed E-state index contributed by atoms with van der Waals surface area (Å²) in [5.41, 5.74) is 1.10. The summed E-state index contributed by atoms with van der Waals surface area (Å²) in [5, 5.41) is 15.8. The number of aromatic nitrogens is 2. The Bertz CT molecular complexity index is 772. The van der Waals surface area contributed by atoms with Crippen molar-refractivity contribution in [3.05, 3.63) is 41.7 Å². The van der Waals surface area contributed by atoms with E-state index in [2.05, 4.69) is 10.4 Å². The van der Waals surface area contributed by atoms with Crippen molar-refractivity contribution >= 4 is 11.9 Å². The van der Waals surface area contributed by atoms with Crippen LogP contribution in [0.2, 0.25) is 0 Å². The Morgan fingerprint density at radius 1 is 1.15 bits per heavy atom. The summed E-state index contributed by atoms with van der Waals surface area (Å²) in [6.45, 7) is 5.64. The number of benzene rings is 1. The zero-order chi connectivity index (χ0) is 19.6. The van der Waals surface area contributed by atoms with Crippen LogP contribution in [0.3, 0.4) is 0 Å². The van der Waals surface area contributed by atoms with E-state index in [1.807, 2.05) is 32.0 Å². The predicted molar refractivity (Wildman–Crippen MR) is 99.3 cm³/mol. The highest BCUT2D eigenvalue weighted by atomic mass is 16.5. The fraction of sp³-hybridized carbons (Fsp3) is 0.421. The Morgan fingerprint density at radius 3 is 2.59 bits per heavy atom. The van der Waals surface area contributed by atoms with Crippen LogP contribution < -0.4 is 14.8 Å². The lowest BCUT2D eigenvalue weighted by Crippen LogP contribution is -2.27. The normalized spacial score (nSPS) is 10.4. The van der Waals surface area contributed by atoms with Gasteiger partial charge in [-0.3, -0.25) is 9.48 Å². The molecule has 1 aromatic carbocycles. The van der Waals surface area contributed by atoms with Crippen LogP contribution in [-0.2, 0) is 17.8 Å². The molecule has 0 fully saturated rings. The Labute approximate surface area is 158 Å². The highest BCUT2D eigenvalue weighted by Crippen LogP contribution is 2.28. The molecule has 0 bridgehead atoms. The minimum atomic E-state index is -1.06. The number of carbonyl (C=O) groups is 2. The van der Waals surface area contributed by atoms with Crippen LogP contribution in [0.5, 0.6) is 11.5 Å². The number of aromatic carboxylic acids is 1. The van der Waals surface area contributed by atoms with Gasteiger partial charge in [-0.1, -0.05) is 6.07 Å². The van der Waals surface area contributed by atoms with Crippen molar-refractivity contribution in [2.45, 2.75) is 33.2 Å². The van der Waals surface area contributed by atoms with Gasteiger partial charge in [-0.15, -0.1) is 0 Å². The average Bonchev–Trinajstić information content (AvgIpc) is 3.11. The lowest BCUT2D eigenvalue weighted by Gasteiger charge is -2.12. The molecule has 8 nitrogen and oxygen atoms in total. The molecule has 0 atom stereocenters. The van der Waals surface area contributed by atoms with Crippen molar-refractivity contribution < 1.29 is 24.2 Å². The molecule has 2 rings (SSSR count). The number of ether oxygens (including phenoxy) is 2. The lowest BCUT2D eigenvalue weighted by molar-refractivity contribution is -0.121. The maximum Gasteiger partial charge on any atom is 0.354 e. The van der Waals surface area contributed by atoms with E-state index < -0.39 is 5.97 Å². The number of aryl methyl sites for hydroxylation is 1. The zero-order valence-corrected chi connectivity index (χ0v) is 15.6.